The average Bonchev–Trinajstić information content (AvgIpc) is 2.93. The molecule has 3 fully saturated rings. The Labute approximate surface area is 153 Å². The SMILES string of the molecule is C=C1C(=O)O[C@@H]2C[C@H](C)[C@]3(O)C[C@H](O)[C@](C)(C[C@@H](OC(=O)C(C)C)[C@@H]12)O3. The minimum atomic E-state index is -1.52. The average molecular weight is 368 g/mol. The van der Waals surface area contributed by atoms with Crippen LogP contribution < -0.4 is 0 Å². The highest BCUT2D eigenvalue weighted by Gasteiger charge is 2.60. The second-order valence-electron chi connectivity index (χ2n) is 8.45. The van der Waals surface area contributed by atoms with Crippen molar-refractivity contribution in [3.63, 3.8) is 0 Å². The number of ether oxygens (including phenoxy) is 3. The van der Waals surface area contributed by atoms with Crippen LogP contribution in [0.5, 0.6) is 0 Å². The quantitative estimate of drug-likeness (QED) is 0.560. The summed E-state index contributed by atoms with van der Waals surface area (Å²) < 4.78 is 17.1. The molecular formula is C19H28O7. The number of esters is 2. The van der Waals surface area contributed by atoms with Gasteiger partial charge in [0.1, 0.15) is 12.2 Å². The fourth-order valence-electron chi connectivity index (χ4n) is 4.25. The van der Waals surface area contributed by atoms with Gasteiger partial charge in [0.15, 0.2) is 5.79 Å². The summed E-state index contributed by atoms with van der Waals surface area (Å²) >= 11 is 0. The van der Waals surface area contributed by atoms with E-state index in [1.165, 1.54) is 0 Å². The molecule has 2 N–H and O–H groups in total. The highest BCUT2D eigenvalue weighted by molar-refractivity contribution is 5.91. The Morgan fingerprint density at radius 3 is 2.65 bits per heavy atom. The maximum Gasteiger partial charge on any atom is 0.334 e. The molecule has 2 bridgehead atoms. The first-order valence-corrected chi connectivity index (χ1v) is 9.18. The first-order valence-electron chi connectivity index (χ1n) is 9.18. The molecule has 3 rings (SSSR count). The van der Waals surface area contributed by atoms with Crippen molar-refractivity contribution in [1.29, 1.82) is 0 Å². The third-order valence-corrected chi connectivity index (χ3v) is 6.03. The molecule has 0 aromatic heterocycles. The second-order valence-corrected chi connectivity index (χ2v) is 8.45. The topological polar surface area (TPSA) is 102 Å². The Bertz CT molecular complexity index is 629. The van der Waals surface area contributed by atoms with Crippen molar-refractivity contribution >= 4 is 11.9 Å². The summed E-state index contributed by atoms with van der Waals surface area (Å²) in [7, 11) is 0. The number of hydrogen-bond acceptors (Lipinski definition) is 7. The van der Waals surface area contributed by atoms with Crippen molar-refractivity contribution in [1.82, 2.24) is 0 Å². The number of carbonyl (C=O) groups is 2. The molecule has 0 spiro atoms. The van der Waals surface area contributed by atoms with Gasteiger partial charge in [-0.05, 0) is 13.3 Å². The normalized spacial score (nSPS) is 45.6. The summed E-state index contributed by atoms with van der Waals surface area (Å²) in [5.41, 5.74) is -0.849. The van der Waals surface area contributed by atoms with E-state index in [9.17, 15) is 19.8 Å². The van der Waals surface area contributed by atoms with Crippen molar-refractivity contribution in [2.45, 2.75) is 76.7 Å². The molecule has 7 heteroatoms. The van der Waals surface area contributed by atoms with Crippen LogP contribution in [0.25, 0.3) is 0 Å². The molecule has 0 aromatic rings. The van der Waals surface area contributed by atoms with Gasteiger partial charge in [-0.3, -0.25) is 4.79 Å². The minimum Gasteiger partial charge on any atom is -0.461 e. The standard InChI is InChI=1S/C19H28O7/c1-9(2)16(21)25-13-7-18(5)14(20)8-19(23,26-18)10(3)6-12-15(13)11(4)17(22)24-12/h9-10,12-15,20,23H,4,6-8H2,1-3,5H3/t10-,12+,13+,14-,15-,18-,19-/m0/s1. The second kappa shape index (κ2) is 6.32. The van der Waals surface area contributed by atoms with Crippen molar-refractivity contribution in [2.75, 3.05) is 0 Å². The molecule has 0 unspecified atom stereocenters. The lowest BCUT2D eigenvalue weighted by molar-refractivity contribution is -0.253. The van der Waals surface area contributed by atoms with Crippen molar-refractivity contribution in [3.05, 3.63) is 12.2 Å². The van der Waals surface area contributed by atoms with Crippen LogP contribution in [0, 0.1) is 17.8 Å². The number of aliphatic hydroxyl groups is 2. The molecule has 0 amide bonds. The van der Waals surface area contributed by atoms with Gasteiger partial charge in [0.25, 0.3) is 0 Å². The van der Waals surface area contributed by atoms with E-state index in [1.54, 1.807) is 27.7 Å². The summed E-state index contributed by atoms with van der Waals surface area (Å²) in [5.74, 6) is -3.69. The lowest BCUT2D eigenvalue weighted by atomic mass is 9.78. The zero-order valence-electron chi connectivity index (χ0n) is 15.7. The molecule has 0 saturated carbocycles. The highest BCUT2D eigenvalue weighted by atomic mass is 16.7. The van der Waals surface area contributed by atoms with Gasteiger partial charge in [-0.1, -0.05) is 27.4 Å². The molecule has 0 aliphatic carbocycles. The Morgan fingerprint density at radius 1 is 1.38 bits per heavy atom. The lowest BCUT2D eigenvalue weighted by Gasteiger charge is -2.34. The van der Waals surface area contributed by atoms with Crippen LogP contribution in [0.1, 0.15) is 47.0 Å². The molecule has 0 aromatic carbocycles. The molecule has 3 saturated heterocycles. The van der Waals surface area contributed by atoms with Crippen LogP contribution in [0.4, 0.5) is 0 Å². The van der Waals surface area contributed by atoms with Gasteiger partial charge in [-0.15, -0.1) is 0 Å². The molecule has 146 valence electrons. The first-order chi connectivity index (χ1) is 12.0. The van der Waals surface area contributed by atoms with Crippen LogP contribution in [-0.4, -0.2) is 51.9 Å². The van der Waals surface area contributed by atoms with Crippen molar-refractivity contribution < 1.29 is 34.0 Å². The molecule has 26 heavy (non-hydrogen) atoms. The largest absolute Gasteiger partial charge is 0.461 e. The number of aliphatic hydroxyl groups excluding tert-OH is 1. The van der Waals surface area contributed by atoms with E-state index in [-0.39, 0.29) is 30.3 Å². The maximum atomic E-state index is 12.3. The van der Waals surface area contributed by atoms with E-state index < -0.39 is 47.6 Å². The third-order valence-electron chi connectivity index (χ3n) is 6.03. The van der Waals surface area contributed by atoms with Crippen LogP contribution in [0.15, 0.2) is 12.2 Å². The van der Waals surface area contributed by atoms with E-state index in [0.717, 1.165) is 0 Å². The van der Waals surface area contributed by atoms with Crippen molar-refractivity contribution in [3.8, 4) is 0 Å². The fourth-order valence-corrected chi connectivity index (χ4v) is 4.25. The van der Waals surface area contributed by atoms with E-state index in [4.69, 9.17) is 14.2 Å². The smallest absolute Gasteiger partial charge is 0.334 e. The van der Waals surface area contributed by atoms with Gasteiger partial charge < -0.3 is 24.4 Å². The van der Waals surface area contributed by atoms with E-state index in [1.807, 2.05) is 0 Å². The third kappa shape index (κ3) is 3.06. The highest BCUT2D eigenvalue weighted by Crippen LogP contribution is 2.49. The zero-order chi connectivity index (χ0) is 19.4. The summed E-state index contributed by atoms with van der Waals surface area (Å²) in [6, 6.07) is 0. The molecule has 7 nitrogen and oxygen atoms in total. The number of hydrogen-bond donors (Lipinski definition) is 2. The first kappa shape index (κ1) is 19.3. The molecule has 0 radical (unpaired) electrons. The van der Waals surface area contributed by atoms with Crippen LogP contribution in [0.2, 0.25) is 0 Å². The monoisotopic (exact) mass is 368 g/mol. The molecular weight excluding hydrogens is 340 g/mol. The maximum absolute atomic E-state index is 12.3. The van der Waals surface area contributed by atoms with Gasteiger partial charge in [0, 0.05) is 24.3 Å². The Morgan fingerprint density at radius 2 is 2.04 bits per heavy atom. The Kier molecular flexibility index (Phi) is 4.70. The molecule has 3 heterocycles. The number of carbonyl (C=O) groups excluding carboxylic acids is 2. The molecule has 3 aliphatic rings. The summed E-state index contributed by atoms with van der Waals surface area (Å²) in [6.45, 7) is 10.8. The summed E-state index contributed by atoms with van der Waals surface area (Å²) in [5, 5.41) is 21.5. The summed E-state index contributed by atoms with van der Waals surface area (Å²) in [6.07, 6.45) is -1.69. The number of rotatable bonds is 2. The van der Waals surface area contributed by atoms with E-state index in [2.05, 4.69) is 6.58 Å². The van der Waals surface area contributed by atoms with Crippen LogP contribution in [0.3, 0.4) is 0 Å². The van der Waals surface area contributed by atoms with Gasteiger partial charge >= 0.3 is 11.9 Å². The predicted octanol–water partition coefficient (Wildman–Crippen LogP) is 1.31. The van der Waals surface area contributed by atoms with Gasteiger partial charge in [-0.2, -0.15) is 0 Å². The minimum absolute atomic E-state index is 0.0573. The fraction of sp³-hybridized carbons (Fsp3) is 0.789. The summed E-state index contributed by atoms with van der Waals surface area (Å²) in [4.78, 5) is 24.4. The zero-order valence-corrected chi connectivity index (χ0v) is 15.7. The lowest BCUT2D eigenvalue weighted by Crippen LogP contribution is -2.44. The molecule has 3 aliphatic heterocycles. The Balaban J connectivity index is 2.01. The predicted molar refractivity (Wildman–Crippen MR) is 90.7 cm³/mol. The van der Waals surface area contributed by atoms with Gasteiger partial charge in [-0.25, -0.2) is 4.79 Å². The van der Waals surface area contributed by atoms with Crippen LogP contribution >= 0.6 is 0 Å². The van der Waals surface area contributed by atoms with Crippen LogP contribution in [-0.2, 0) is 23.8 Å². The molecule has 7 atom stereocenters. The van der Waals surface area contributed by atoms with Crippen molar-refractivity contribution in [2.24, 2.45) is 17.8 Å². The van der Waals surface area contributed by atoms with E-state index >= 15 is 0 Å². The van der Waals surface area contributed by atoms with E-state index in [0.29, 0.717) is 6.42 Å². The Hall–Kier alpha value is -1.44. The van der Waals surface area contributed by atoms with Gasteiger partial charge in [0.05, 0.1) is 23.5 Å². The number of fused-ring (bicyclic) bond motifs is 3. The van der Waals surface area contributed by atoms with Gasteiger partial charge in [0.2, 0.25) is 0 Å².